The average Bonchev–Trinajstić information content (AvgIpc) is 2.73. The van der Waals surface area contributed by atoms with Gasteiger partial charge in [-0.05, 0) is 45.4 Å². The van der Waals surface area contributed by atoms with Crippen LogP contribution in [0.3, 0.4) is 0 Å². The van der Waals surface area contributed by atoms with Gasteiger partial charge in [-0.3, -0.25) is 4.90 Å². The van der Waals surface area contributed by atoms with Gasteiger partial charge in [-0.1, -0.05) is 6.92 Å². The van der Waals surface area contributed by atoms with Gasteiger partial charge in [0, 0.05) is 83.4 Å². The topological polar surface area (TPSA) is 42.0 Å². The summed E-state index contributed by atoms with van der Waals surface area (Å²) < 4.78 is 0. The third-order valence-corrected chi connectivity index (χ3v) is 7.15. The summed E-state index contributed by atoms with van der Waals surface area (Å²) in [5.74, 6) is 0.889. The highest BCUT2D eigenvalue weighted by Gasteiger charge is 2.32. The second-order valence-electron chi connectivity index (χ2n) is 9.85. The lowest BCUT2D eigenvalue weighted by Crippen LogP contribution is -2.50. The molecule has 3 saturated heterocycles. The number of hydrogen-bond acceptors (Lipinski definition) is 7. The van der Waals surface area contributed by atoms with Gasteiger partial charge in [-0.2, -0.15) is 0 Å². The number of likely N-dealkylation sites (tertiary alicyclic amines) is 1. The molecule has 4 heterocycles. The Labute approximate surface area is 176 Å². The molecular formula is C22H39N7. The van der Waals surface area contributed by atoms with Gasteiger partial charge in [0.15, 0.2) is 0 Å². The highest BCUT2D eigenvalue weighted by atomic mass is 15.3. The molecule has 0 saturated carbocycles. The Morgan fingerprint density at radius 2 is 1.31 bits per heavy atom. The van der Waals surface area contributed by atoms with Crippen molar-refractivity contribution in [2.45, 2.75) is 26.3 Å². The third-order valence-electron chi connectivity index (χ3n) is 7.15. The fraction of sp³-hybridized carbons (Fsp3) is 0.818. The fourth-order valence-corrected chi connectivity index (χ4v) is 4.81. The van der Waals surface area contributed by atoms with Crippen LogP contribution in [0.5, 0.6) is 0 Å². The van der Waals surface area contributed by atoms with E-state index in [-0.39, 0.29) is 0 Å². The Kier molecular flexibility index (Phi) is 6.69. The standard InChI is InChI=1S/C22H39N7/c1-22(19-28-12-8-25(2)9-13-28)4-6-27(7-5-22)18-20-16-23-21(24-17-20)29-14-10-26(3)11-15-29/h16-17H,4-15,18-19H2,1-3H3. The number of likely N-dealkylation sites (N-methyl/N-ethyl adjacent to an activating group) is 2. The molecule has 7 heteroatoms. The van der Waals surface area contributed by atoms with Crippen LogP contribution in [-0.4, -0.2) is 116 Å². The van der Waals surface area contributed by atoms with Crippen LogP contribution in [-0.2, 0) is 6.54 Å². The summed E-state index contributed by atoms with van der Waals surface area (Å²) >= 11 is 0. The maximum Gasteiger partial charge on any atom is 0.225 e. The van der Waals surface area contributed by atoms with Crippen LogP contribution in [0.25, 0.3) is 0 Å². The zero-order valence-corrected chi connectivity index (χ0v) is 18.7. The fourth-order valence-electron chi connectivity index (χ4n) is 4.81. The molecule has 4 rings (SSSR count). The molecule has 7 nitrogen and oxygen atoms in total. The monoisotopic (exact) mass is 401 g/mol. The van der Waals surface area contributed by atoms with Gasteiger partial charge >= 0.3 is 0 Å². The molecule has 0 bridgehead atoms. The van der Waals surface area contributed by atoms with Crippen molar-refractivity contribution >= 4 is 5.95 Å². The second kappa shape index (κ2) is 9.25. The number of nitrogens with zero attached hydrogens (tertiary/aromatic N) is 7. The summed E-state index contributed by atoms with van der Waals surface area (Å²) in [5.41, 5.74) is 1.71. The van der Waals surface area contributed by atoms with E-state index in [1.165, 1.54) is 64.2 Å². The Hall–Kier alpha value is -1.28. The second-order valence-corrected chi connectivity index (χ2v) is 9.85. The first kappa shape index (κ1) is 21.0. The van der Waals surface area contributed by atoms with Crippen molar-refractivity contribution in [3.05, 3.63) is 18.0 Å². The Bertz CT molecular complexity index is 625. The van der Waals surface area contributed by atoms with Crippen LogP contribution in [0.1, 0.15) is 25.3 Å². The third kappa shape index (κ3) is 5.66. The molecule has 0 N–H and O–H groups in total. The van der Waals surface area contributed by atoms with Crippen molar-refractivity contribution in [1.29, 1.82) is 0 Å². The molecule has 0 aliphatic carbocycles. The van der Waals surface area contributed by atoms with Crippen LogP contribution in [0.4, 0.5) is 5.95 Å². The van der Waals surface area contributed by atoms with Crippen LogP contribution >= 0.6 is 0 Å². The highest BCUT2D eigenvalue weighted by molar-refractivity contribution is 5.30. The van der Waals surface area contributed by atoms with Crippen LogP contribution < -0.4 is 4.90 Å². The first-order valence-corrected chi connectivity index (χ1v) is 11.4. The lowest BCUT2D eigenvalue weighted by Gasteiger charge is -2.44. The van der Waals surface area contributed by atoms with Crippen LogP contribution in [0, 0.1) is 5.41 Å². The Morgan fingerprint density at radius 3 is 1.90 bits per heavy atom. The van der Waals surface area contributed by atoms with Gasteiger partial charge in [0.25, 0.3) is 0 Å². The number of anilines is 1. The number of aromatic nitrogens is 2. The van der Waals surface area contributed by atoms with Crippen molar-refractivity contribution in [2.24, 2.45) is 5.41 Å². The van der Waals surface area contributed by atoms with Crippen LogP contribution in [0.15, 0.2) is 12.4 Å². The van der Waals surface area contributed by atoms with E-state index >= 15 is 0 Å². The maximum absolute atomic E-state index is 4.66. The van der Waals surface area contributed by atoms with E-state index in [2.05, 4.69) is 55.5 Å². The molecule has 0 unspecified atom stereocenters. The minimum absolute atomic E-state index is 0.466. The molecular weight excluding hydrogens is 362 g/mol. The SMILES string of the molecule is CN1CCN(CC2(C)CCN(Cc3cnc(N4CCN(C)CC4)nc3)CC2)CC1. The first-order chi connectivity index (χ1) is 14.0. The molecule has 0 radical (unpaired) electrons. The van der Waals surface area contributed by atoms with Gasteiger partial charge in [0.05, 0.1) is 0 Å². The Balaban J connectivity index is 1.23. The smallest absolute Gasteiger partial charge is 0.225 e. The van der Waals surface area contributed by atoms with Crippen LogP contribution in [0.2, 0.25) is 0 Å². The lowest BCUT2D eigenvalue weighted by atomic mass is 9.79. The predicted molar refractivity (Wildman–Crippen MR) is 118 cm³/mol. The summed E-state index contributed by atoms with van der Waals surface area (Å²) in [6.45, 7) is 16.2. The zero-order chi connectivity index (χ0) is 20.3. The molecule has 3 aliphatic heterocycles. The minimum atomic E-state index is 0.466. The molecule has 162 valence electrons. The molecule has 1 aromatic heterocycles. The van der Waals surface area contributed by atoms with Crippen molar-refractivity contribution in [2.75, 3.05) is 91.0 Å². The zero-order valence-electron chi connectivity index (χ0n) is 18.7. The van der Waals surface area contributed by atoms with E-state index in [1.807, 2.05) is 12.4 Å². The highest BCUT2D eigenvalue weighted by Crippen LogP contribution is 2.32. The maximum atomic E-state index is 4.66. The molecule has 3 aliphatic rings. The summed E-state index contributed by atoms with van der Waals surface area (Å²) in [6.07, 6.45) is 6.66. The van der Waals surface area contributed by atoms with Gasteiger partial charge < -0.3 is 19.6 Å². The van der Waals surface area contributed by atoms with Crippen molar-refractivity contribution in [1.82, 2.24) is 29.6 Å². The summed E-state index contributed by atoms with van der Waals surface area (Å²) in [5, 5.41) is 0. The number of hydrogen-bond donors (Lipinski definition) is 0. The van der Waals surface area contributed by atoms with E-state index in [0.29, 0.717) is 5.41 Å². The van der Waals surface area contributed by atoms with Crippen molar-refractivity contribution in [3.8, 4) is 0 Å². The molecule has 0 spiro atoms. The molecule has 29 heavy (non-hydrogen) atoms. The Morgan fingerprint density at radius 1 is 0.759 bits per heavy atom. The number of piperazine rings is 2. The van der Waals surface area contributed by atoms with E-state index in [1.54, 1.807) is 0 Å². The minimum Gasteiger partial charge on any atom is -0.338 e. The number of rotatable bonds is 5. The molecule has 0 amide bonds. The molecule has 0 atom stereocenters. The summed E-state index contributed by atoms with van der Waals surface area (Å²) in [7, 11) is 4.41. The van der Waals surface area contributed by atoms with Gasteiger partial charge in [-0.15, -0.1) is 0 Å². The van der Waals surface area contributed by atoms with Crippen molar-refractivity contribution < 1.29 is 0 Å². The van der Waals surface area contributed by atoms with Gasteiger partial charge in [-0.25, -0.2) is 9.97 Å². The van der Waals surface area contributed by atoms with Crippen molar-refractivity contribution in [3.63, 3.8) is 0 Å². The van der Waals surface area contributed by atoms with E-state index in [4.69, 9.17) is 0 Å². The summed E-state index contributed by atoms with van der Waals surface area (Å²) in [4.78, 5) is 21.7. The van der Waals surface area contributed by atoms with Gasteiger partial charge in [0.2, 0.25) is 5.95 Å². The number of piperidine rings is 1. The van der Waals surface area contributed by atoms with E-state index < -0.39 is 0 Å². The molecule has 0 aromatic carbocycles. The quantitative estimate of drug-likeness (QED) is 0.731. The van der Waals surface area contributed by atoms with E-state index in [0.717, 1.165) is 38.7 Å². The van der Waals surface area contributed by atoms with E-state index in [9.17, 15) is 0 Å². The normalized spacial score (nSPS) is 25.4. The summed E-state index contributed by atoms with van der Waals surface area (Å²) in [6, 6.07) is 0. The first-order valence-electron chi connectivity index (χ1n) is 11.4. The average molecular weight is 402 g/mol. The lowest BCUT2D eigenvalue weighted by molar-refractivity contribution is 0.0518. The van der Waals surface area contributed by atoms with Gasteiger partial charge in [0.1, 0.15) is 0 Å². The predicted octanol–water partition coefficient (Wildman–Crippen LogP) is 1.08. The molecule has 3 fully saturated rings. The molecule has 1 aromatic rings. The largest absolute Gasteiger partial charge is 0.338 e.